The minimum absolute atomic E-state index is 0.205. The lowest BCUT2D eigenvalue weighted by Gasteiger charge is -2.24. The molecule has 2 N–H and O–H groups in total. The Bertz CT molecular complexity index is 632. The SMILES string of the molecule is CCC(C)N(C)C(=O)c1cc(S(N)(=O)=O)cc(F)c1F. The predicted octanol–water partition coefficient (Wildman–Crippen LogP) is 1.48. The Hall–Kier alpha value is -1.54. The fourth-order valence-corrected chi connectivity index (χ4v) is 2.10. The van der Waals surface area contributed by atoms with Crippen LogP contribution in [0.2, 0.25) is 0 Å². The Morgan fingerprint density at radius 2 is 1.95 bits per heavy atom. The Morgan fingerprint density at radius 1 is 1.40 bits per heavy atom. The van der Waals surface area contributed by atoms with Gasteiger partial charge in [-0.3, -0.25) is 4.79 Å². The van der Waals surface area contributed by atoms with Crippen LogP contribution in [0.1, 0.15) is 30.6 Å². The molecule has 8 heteroatoms. The molecule has 0 heterocycles. The van der Waals surface area contributed by atoms with Crippen LogP contribution in [0.15, 0.2) is 17.0 Å². The van der Waals surface area contributed by atoms with E-state index < -0.39 is 38.0 Å². The standard InChI is InChI=1S/C12H16F2N2O3S/c1-4-7(2)16(3)12(17)9-5-8(20(15,18)19)6-10(13)11(9)14/h5-7H,4H2,1-3H3,(H2,15,18,19). The smallest absolute Gasteiger partial charge is 0.256 e. The van der Waals surface area contributed by atoms with Crippen LogP contribution >= 0.6 is 0 Å². The number of carbonyl (C=O) groups is 1. The fraction of sp³-hybridized carbons (Fsp3) is 0.417. The van der Waals surface area contributed by atoms with Crippen molar-refractivity contribution in [3.05, 3.63) is 29.3 Å². The van der Waals surface area contributed by atoms with Crippen molar-refractivity contribution in [2.75, 3.05) is 7.05 Å². The van der Waals surface area contributed by atoms with E-state index in [2.05, 4.69) is 0 Å². The molecular formula is C12H16F2N2O3S. The third kappa shape index (κ3) is 3.31. The van der Waals surface area contributed by atoms with Crippen LogP contribution in [0.4, 0.5) is 8.78 Å². The second-order valence-corrected chi connectivity index (χ2v) is 6.05. The van der Waals surface area contributed by atoms with Crippen molar-refractivity contribution in [2.24, 2.45) is 5.14 Å². The van der Waals surface area contributed by atoms with Crippen LogP contribution in [-0.2, 0) is 10.0 Å². The third-order valence-electron chi connectivity index (χ3n) is 3.13. The molecule has 5 nitrogen and oxygen atoms in total. The zero-order valence-corrected chi connectivity index (χ0v) is 12.2. The molecule has 0 bridgehead atoms. The number of primary sulfonamides is 1. The van der Waals surface area contributed by atoms with Gasteiger partial charge in [-0.25, -0.2) is 22.3 Å². The molecule has 20 heavy (non-hydrogen) atoms. The van der Waals surface area contributed by atoms with E-state index >= 15 is 0 Å². The Morgan fingerprint density at radius 3 is 2.40 bits per heavy atom. The topological polar surface area (TPSA) is 80.5 Å². The molecule has 0 fully saturated rings. The van der Waals surface area contributed by atoms with Crippen LogP contribution < -0.4 is 5.14 Å². The van der Waals surface area contributed by atoms with Crippen molar-refractivity contribution >= 4 is 15.9 Å². The number of nitrogens with two attached hydrogens (primary N) is 1. The Balaban J connectivity index is 3.38. The highest BCUT2D eigenvalue weighted by molar-refractivity contribution is 7.89. The second-order valence-electron chi connectivity index (χ2n) is 4.48. The first kappa shape index (κ1) is 16.5. The molecule has 0 spiro atoms. The molecule has 0 aliphatic rings. The molecule has 1 unspecified atom stereocenters. The van der Waals surface area contributed by atoms with E-state index in [1.54, 1.807) is 6.92 Å². The first-order valence-corrected chi connectivity index (χ1v) is 7.43. The molecule has 1 aromatic rings. The highest BCUT2D eigenvalue weighted by Gasteiger charge is 2.24. The van der Waals surface area contributed by atoms with Gasteiger partial charge in [-0.05, 0) is 25.5 Å². The van der Waals surface area contributed by atoms with Crippen molar-refractivity contribution < 1.29 is 22.0 Å². The van der Waals surface area contributed by atoms with E-state index in [0.717, 1.165) is 6.07 Å². The monoisotopic (exact) mass is 306 g/mol. The maximum absolute atomic E-state index is 13.7. The minimum Gasteiger partial charge on any atom is -0.339 e. The summed E-state index contributed by atoms with van der Waals surface area (Å²) in [4.78, 5) is 12.7. The summed E-state index contributed by atoms with van der Waals surface area (Å²) in [5.74, 6) is -3.63. The van der Waals surface area contributed by atoms with Gasteiger partial charge in [0.15, 0.2) is 11.6 Å². The van der Waals surface area contributed by atoms with E-state index in [0.29, 0.717) is 12.5 Å². The van der Waals surface area contributed by atoms with Gasteiger partial charge in [0.1, 0.15) is 0 Å². The summed E-state index contributed by atoms with van der Waals surface area (Å²) in [5.41, 5.74) is -0.656. The molecule has 1 amide bonds. The van der Waals surface area contributed by atoms with Crippen molar-refractivity contribution in [1.82, 2.24) is 4.90 Å². The van der Waals surface area contributed by atoms with Crippen LogP contribution in [-0.4, -0.2) is 32.3 Å². The number of rotatable bonds is 4. The number of nitrogens with zero attached hydrogens (tertiary/aromatic N) is 1. The fourth-order valence-electron chi connectivity index (χ4n) is 1.55. The summed E-state index contributed by atoms with van der Waals surface area (Å²) in [7, 11) is -2.80. The van der Waals surface area contributed by atoms with E-state index in [9.17, 15) is 22.0 Å². The number of hydrogen-bond donors (Lipinski definition) is 1. The Kier molecular flexibility index (Phi) is 4.82. The van der Waals surface area contributed by atoms with E-state index in [-0.39, 0.29) is 6.04 Å². The molecule has 0 aromatic heterocycles. The second kappa shape index (κ2) is 5.84. The predicted molar refractivity (Wildman–Crippen MR) is 69.6 cm³/mol. The summed E-state index contributed by atoms with van der Waals surface area (Å²) < 4.78 is 49.5. The van der Waals surface area contributed by atoms with E-state index in [1.165, 1.54) is 11.9 Å². The van der Waals surface area contributed by atoms with Crippen molar-refractivity contribution in [1.29, 1.82) is 0 Å². The zero-order chi connectivity index (χ0) is 15.7. The summed E-state index contributed by atoms with van der Waals surface area (Å²) in [6.45, 7) is 3.56. The average molecular weight is 306 g/mol. The molecule has 1 atom stereocenters. The lowest BCUT2D eigenvalue weighted by Crippen LogP contribution is -2.35. The number of benzene rings is 1. The van der Waals surface area contributed by atoms with Crippen LogP contribution in [0, 0.1) is 11.6 Å². The number of carbonyl (C=O) groups excluding carboxylic acids is 1. The van der Waals surface area contributed by atoms with Crippen LogP contribution in [0.5, 0.6) is 0 Å². The maximum atomic E-state index is 13.7. The van der Waals surface area contributed by atoms with Crippen molar-refractivity contribution in [2.45, 2.75) is 31.2 Å². The van der Waals surface area contributed by atoms with Gasteiger partial charge in [-0.1, -0.05) is 6.92 Å². The summed E-state index contributed by atoms with van der Waals surface area (Å²) in [6.07, 6.45) is 0.612. The summed E-state index contributed by atoms with van der Waals surface area (Å²) in [5, 5.41) is 4.87. The first-order valence-electron chi connectivity index (χ1n) is 5.88. The lowest BCUT2D eigenvalue weighted by molar-refractivity contribution is 0.0734. The number of sulfonamides is 1. The van der Waals surface area contributed by atoms with Gasteiger partial charge in [0, 0.05) is 13.1 Å². The lowest BCUT2D eigenvalue weighted by atomic mass is 10.1. The summed E-state index contributed by atoms with van der Waals surface area (Å²) in [6, 6.07) is 0.989. The molecule has 0 aliphatic heterocycles. The third-order valence-corrected chi connectivity index (χ3v) is 4.03. The van der Waals surface area contributed by atoms with Gasteiger partial charge in [0.25, 0.3) is 5.91 Å². The minimum atomic E-state index is -4.23. The quantitative estimate of drug-likeness (QED) is 0.915. The van der Waals surface area contributed by atoms with Crippen LogP contribution in [0.25, 0.3) is 0 Å². The molecule has 1 rings (SSSR count). The molecule has 1 aromatic carbocycles. The summed E-state index contributed by atoms with van der Waals surface area (Å²) >= 11 is 0. The average Bonchev–Trinajstić information content (AvgIpc) is 2.37. The number of halogens is 2. The highest BCUT2D eigenvalue weighted by Crippen LogP contribution is 2.20. The molecular weight excluding hydrogens is 290 g/mol. The van der Waals surface area contributed by atoms with Crippen molar-refractivity contribution in [3.8, 4) is 0 Å². The number of hydrogen-bond acceptors (Lipinski definition) is 3. The highest BCUT2D eigenvalue weighted by atomic mass is 32.2. The maximum Gasteiger partial charge on any atom is 0.256 e. The van der Waals surface area contributed by atoms with Crippen molar-refractivity contribution in [3.63, 3.8) is 0 Å². The van der Waals surface area contributed by atoms with Gasteiger partial charge in [0.2, 0.25) is 10.0 Å². The largest absolute Gasteiger partial charge is 0.339 e. The molecule has 0 saturated heterocycles. The van der Waals surface area contributed by atoms with Gasteiger partial charge in [-0.15, -0.1) is 0 Å². The zero-order valence-electron chi connectivity index (χ0n) is 11.4. The number of amides is 1. The molecule has 0 radical (unpaired) electrons. The van der Waals surface area contributed by atoms with Crippen LogP contribution in [0.3, 0.4) is 0 Å². The Labute approximate surface area is 116 Å². The molecule has 0 saturated carbocycles. The first-order chi connectivity index (χ1) is 9.09. The van der Waals surface area contributed by atoms with Gasteiger partial charge in [-0.2, -0.15) is 0 Å². The van der Waals surface area contributed by atoms with Gasteiger partial charge >= 0.3 is 0 Å². The van der Waals surface area contributed by atoms with E-state index in [1.807, 2.05) is 6.92 Å². The van der Waals surface area contributed by atoms with Gasteiger partial charge in [0.05, 0.1) is 10.5 Å². The molecule has 0 aliphatic carbocycles. The van der Waals surface area contributed by atoms with Gasteiger partial charge < -0.3 is 4.90 Å². The van der Waals surface area contributed by atoms with E-state index in [4.69, 9.17) is 5.14 Å². The normalized spacial score (nSPS) is 13.1. The molecule has 112 valence electrons.